The van der Waals surface area contributed by atoms with Gasteiger partial charge in [0, 0.05) is 18.3 Å². The van der Waals surface area contributed by atoms with Gasteiger partial charge in [0.15, 0.2) is 0 Å². The highest BCUT2D eigenvalue weighted by Gasteiger charge is 2.39. The molecule has 3 atom stereocenters. The first-order valence-electron chi connectivity index (χ1n) is 10.6. The van der Waals surface area contributed by atoms with Crippen LogP contribution in [0.15, 0.2) is 48.5 Å². The van der Waals surface area contributed by atoms with Crippen LogP contribution in [-0.2, 0) is 14.3 Å². The van der Waals surface area contributed by atoms with Crippen molar-refractivity contribution in [1.82, 2.24) is 4.90 Å². The molecule has 8 heteroatoms. The van der Waals surface area contributed by atoms with Crippen LogP contribution in [0.3, 0.4) is 0 Å². The molecule has 2 aliphatic rings. The van der Waals surface area contributed by atoms with Crippen molar-refractivity contribution in [3.63, 3.8) is 0 Å². The molecule has 2 amide bonds. The predicted octanol–water partition coefficient (Wildman–Crippen LogP) is 2.88. The summed E-state index contributed by atoms with van der Waals surface area (Å²) in [6.07, 6.45) is 0.910. The number of hydrogen-bond donors (Lipinski definition) is 1. The number of hydrogen-bond acceptors (Lipinski definition) is 6. The van der Waals surface area contributed by atoms with Crippen molar-refractivity contribution >= 4 is 23.5 Å². The van der Waals surface area contributed by atoms with Crippen molar-refractivity contribution in [2.75, 3.05) is 26.1 Å². The molecule has 2 aromatic rings. The number of nitrogens with one attached hydrogen (secondary N) is 1. The Balaban J connectivity index is 1.52. The molecule has 32 heavy (non-hydrogen) atoms. The summed E-state index contributed by atoms with van der Waals surface area (Å²) in [4.78, 5) is 39.0. The topological polar surface area (TPSA) is 94.2 Å². The number of esters is 1. The van der Waals surface area contributed by atoms with E-state index in [2.05, 4.69) is 5.32 Å². The molecule has 2 aromatic carbocycles. The van der Waals surface area contributed by atoms with E-state index in [4.69, 9.17) is 14.2 Å². The third-order valence-corrected chi connectivity index (χ3v) is 5.93. The average molecular weight is 438 g/mol. The maximum absolute atomic E-state index is 13.3. The van der Waals surface area contributed by atoms with E-state index in [9.17, 15) is 14.4 Å². The number of methoxy groups -OCH3 is 1. The normalized spacial score (nSPS) is 22.5. The first kappa shape index (κ1) is 21.8. The molecule has 4 rings (SSSR count). The van der Waals surface area contributed by atoms with E-state index >= 15 is 0 Å². The van der Waals surface area contributed by atoms with Crippen LogP contribution >= 0.6 is 0 Å². The minimum absolute atomic E-state index is 0.174. The highest BCUT2D eigenvalue weighted by atomic mass is 16.5. The Kier molecular flexibility index (Phi) is 6.41. The number of ether oxygens (including phenoxy) is 3. The summed E-state index contributed by atoms with van der Waals surface area (Å²) in [5.41, 5.74) is 1.43. The van der Waals surface area contributed by atoms with E-state index in [-0.39, 0.29) is 49.1 Å². The predicted molar refractivity (Wildman–Crippen MR) is 117 cm³/mol. The van der Waals surface area contributed by atoms with Gasteiger partial charge in [0.1, 0.15) is 18.5 Å². The second-order valence-corrected chi connectivity index (χ2v) is 7.98. The van der Waals surface area contributed by atoms with E-state index in [1.807, 2.05) is 6.07 Å². The van der Waals surface area contributed by atoms with E-state index in [1.165, 1.54) is 7.11 Å². The highest BCUT2D eigenvalue weighted by molar-refractivity contribution is 6.05. The maximum Gasteiger partial charge on any atom is 0.308 e. The molecule has 0 saturated carbocycles. The van der Waals surface area contributed by atoms with Crippen LogP contribution in [-0.4, -0.2) is 61.7 Å². The van der Waals surface area contributed by atoms with Crippen molar-refractivity contribution in [3.05, 3.63) is 59.7 Å². The van der Waals surface area contributed by atoms with Gasteiger partial charge in [0.2, 0.25) is 0 Å². The van der Waals surface area contributed by atoms with Gasteiger partial charge in [0.05, 0.1) is 31.2 Å². The van der Waals surface area contributed by atoms with Gasteiger partial charge in [-0.2, -0.15) is 0 Å². The Hall–Kier alpha value is -3.39. The second kappa shape index (κ2) is 9.40. The lowest BCUT2D eigenvalue weighted by Gasteiger charge is -2.42. The number of carbonyl (C=O) groups excluding carboxylic acids is 3. The van der Waals surface area contributed by atoms with Crippen molar-refractivity contribution in [2.45, 2.75) is 37.5 Å². The van der Waals surface area contributed by atoms with Crippen LogP contribution in [0.4, 0.5) is 5.69 Å². The summed E-state index contributed by atoms with van der Waals surface area (Å²) in [6, 6.07) is 13.7. The van der Waals surface area contributed by atoms with Crippen LogP contribution in [0.5, 0.6) is 5.75 Å². The van der Waals surface area contributed by atoms with Gasteiger partial charge in [-0.05, 0) is 43.2 Å². The summed E-state index contributed by atoms with van der Waals surface area (Å²) in [5.74, 6) is -0.354. The molecule has 0 aromatic heterocycles. The van der Waals surface area contributed by atoms with E-state index in [1.54, 1.807) is 54.4 Å². The Morgan fingerprint density at radius 3 is 2.69 bits per heavy atom. The molecule has 168 valence electrons. The zero-order valence-corrected chi connectivity index (χ0v) is 18.1. The fourth-order valence-electron chi connectivity index (χ4n) is 4.17. The summed E-state index contributed by atoms with van der Waals surface area (Å²) in [6.45, 7) is 0.253. The molecule has 0 aliphatic carbocycles. The van der Waals surface area contributed by atoms with Crippen molar-refractivity contribution in [1.29, 1.82) is 0 Å². The average Bonchev–Trinajstić information content (AvgIpc) is 2.82. The quantitative estimate of drug-likeness (QED) is 0.738. The Bertz CT molecular complexity index is 1010. The largest absolute Gasteiger partial charge is 0.490 e. The van der Waals surface area contributed by atoms with Gasteiger partial charge in [-0.1, -0.05) is 18.2 Å². The molecule has 1 fully saturated rings. The van der Waals surface area contributed by atoms with Crippen molar-refractivity contribution in [2.24, 2.45) is 0 Å². The van der Waals surface area contributed by atoms with Crippen LogP contribution < -0.4 is 10.1 Å². The first-order valence-corrected chi connectivity index (χ1v) is 10.6. The van der Waals surface area contributed by atoms with Crippen molar-refractivity contribution < 1.29 is 28.6 Å². The second-order valence-electron chi connectivity index (χ2n) is 7.98. The molecule has 0 radical (unpaired) electrons. The lowest BCUT2D eigenvalue weighted by molar-refractivity contribution is -0.151. The zero-order chi connectivity index (χ0) is 22.7. The molecular weight excluding hydrogens is 412 g/mol. The fraction of sp³-hybridized carbons (Fsp3) is 0.375. The number of amides is 2. The number of benzene rings is 2. The number of nitrogens with zero attached hydrogens (tertiary/aromatic N) is 1. The minimum Gasteiger partial charge on any atom is -0.490 e. The number of rotatable bonds is 4. The molecule has 1 saturated heterocycles. The van der Waals surface area contributed by atoms with Gasteiger partial charge < -0.3 is 24.4 Å². The Labute approximate surface area is 186 Å². The van der Waals surface area contributed by atoms with E-state index < -0.39 is 0 Å². The lowest BCUT2D eigenvalue weighted by Crippen LogP contribution is -2.53. The molecule has 1 N–H and O–H groups in total. The molecule has 0 spiro atoms. The van der Waals surface area contributed by atoms with Crippen LogP contribution in [0.1, 0.15) is 40.0 Å². The van der Waals surface area contributed by atoms with Crippen LogP contribution in [0, 0.1) is 0 Å². The minimum atomic E-state index is -0.349. The SMILES string of the molecule is COC(=O)C[C@@H]1CC[C@@H]2[C@H](COc3ccc(NC(=O)c4ccccc4)cc3C(=O)N2C)O1. The summed E-state index contributed by atoms with van der Waals surface area (Å²) >= 11 is 0. The Morgan fingerprint density at radius 2 is 1.94 bits per heavy atom. The smallest absolute Gasteiger partial charge is 0.308 e. The van der Waals surface area contributed by atoms with Gasteiger partial charge >= 0.3 is 5.97 Å². The molecule has 2 heterocycles. The Morgan fingerprint density at radius 1 is 1.16 bits per heavy atom. The summed E-state index contributed by atoms with van der Waals surface area (Å²) in [5, 5.41) is 2.83. The third kappa shape index (κ3) is 4.60. The molecular formula is C24H26N2O6. The van der Waals surface area contributed by atoms with Gasteiger partial charge in [-0.25, -0.2) is 0 Å². The molecule has 8 nitrogen and oxygen atoms in total. The number of fused-ring (bicyclic) bond motifs is 2. The number of likely N-dealkylation sites (N-methyl/N-ethyl adjacent to an activating group) is 1. The first-order chi connectivity index (χ1) is 15.5. The van der Waals surface area contributed by atoms with Crippen molar-refractivity contribution in [3.8, 4) is 5.75 Å². The third-order valence-electron chi connectivity index (χ3n) is 5.93. The lowest BCUT2D eigenvalue weighted by atomic mass is 9.94. The van der Waals surface area contributed by atoms with E-state index in [0.29, 0.717) is 35.4 Å². The zero-order valence-electron chi connectivity index (χ0n) is 18.1. The number of anilines is 1. The van der Waals surface area contributed by atoms with Gasteiger partial charge in [-0.3, -0.25) is 14.4 Å². The maximum atomic E-state index is 13.3. The highest BCUT2D eigenvalue weighted by Crippen LogP contribution is 2.32. The van der Waals surface area contributed by atoms with Gasteiger partial charge in [-0.15, -0.1) is 0 Å². The number of carbonyl (C=O) groups is 3. The van der Waals surface area contributed by atoms with E-state index in [0.717, 1.165) is 0 Å². The van der Waals surface area contributed by atoms with Gasteiger partial charge in [0.25, 0.3) is 11.8 Å². The summed E-state index contributed by atoms with van der Waals surface area (Å²) in [7, 11) is 3.10. The molecule has 2 aliphatic heterocycles. The van der Waals surface area contributed by atoms with Crippen LogP contribution in [0.25, 0.3) is 0 Å². The molecule has 0 unspecified atom stereocenters. The monoisotopic (exact) mass is 438 g/mol. The van der Waals surface area contributed by atoms with Crippen LogP contribution in [0.2, 0.25) is 0 Å². The standard InChI is InChI=1S/C24H26N2O6/c1-26-19-10-9-17(13-22(27)30-2)32-21(19)14-31-20-11-8-16(12-18(20)24(26)29)25-23(28)15-6-4-3-5-7-15/h3-8,11-12,17,19,21H,9-10,13-14H2,1-2H3,(H,25,28)/t17-,19+,21-/m0/s1. The molecule has 0 bridgehead atoms. The summed E-state index contributed by atoms with van der Waals surface area (Å²) < 4.78 is 16.8. The fourth-order valence-corrected chi connectivity index (χ4v) is 4.17.